The highest BCUT2D eigenvalue weighted by atomic mass is 32.1. The summed E-state index contributed by atoms with van der Waals surface area (Å²) in [6, 6.07) is 7.43. The Kier molecular flexibility index (Phi) is 4.26. The van der Waals surface area contributed by atoms with E-state index in [1.807, 2.05) is 22.7 Å². The number of rotatable bonds is 3. The van der Waals surface area contributed by atoms with E-state index in [-0.39, 0.29) is 5.41 Å². The van der Waals surface area contributed by atoms with E-state index in [9.17, 15) is 0 Å². The molecule has 1 aliphatic carbocycles. The summed E-state index contributed by atoms with van der Waals surface area (Å²) in [7, 11) is 2.08. The van der Waals surface area contributed by atoms with Gasteiger partial charge in [0.15, 0.2) is 0 Å². The van der Waals surface area contributed by atoms with Gasteiger partial charge >= 0.3 is 0 Å². The van der Waals surface area contributed by atoms with E-state index in [1.165, 1.54) is 40.3 Å². The number of fused-ring (bicyclic) bond motifs is 1. The molecule has 0 fully saturated rings. The van der Waals surface area contributed by atoms with Gasteiger partial charge in [-0.3, -0.25) is 0 Å². The molecule has 2 heterocycles. The van der Waals surface area contributed by atoms with Crippen molar-refractivity contribution in [2.45, 2.75) is 57.9 Å². The smallest absolute Gasteiger partial charge is 0.0762 e. The van der Waals surface area contributed by atoms with Crippen LogP contribution in [-0.2, 0) is 18.3 Å². The van der Waals surface area contributed by atoms with Crippen molar-refractivity contribution >= 4 is 22.7 Å². The van der Waals surface area contributed by atoms with Crippen LogP contribution in [-0.4, -0.2) is 7.05 Å². The van der Waals surface area contributed by atoms with E-state index in [4.69, 9.17) is 0 Å². The van der Waals surface area contributed by atoms with Crippen molar-refractivity contribution < 1.29 is 0 Å². The van der Waals surface area contributed by atoms with Gasteiger partial charge in [0.25, 0.3) is 0 Å². The maximum absolute atomic E-state index is 3.53. The second-order valence-electron chi connectivity index (χ2n) is 6.98. The second-order valence-corrected chi connectivity index (χ2v) is 9.26. The van der Waals surface area contributed by atoms with Crippen molar-refractivity contribution in [3.63, 3.8) is 0 Å². The molecule has 21 heavy (non-hydrogen) atoms. The first-order chi connectivity index (χ1) is 9.99. The maximum Gasteiger partial charge on any atom is 0.0762 e. The van der Waals surface area contributed by atoms with E-state index < -0.39 is 0 Å². The first kappa shape index (κ1) is 15.3. The zero-order valence-corrected chi connectivity index (χ0v) is 15.1. The Morgan fingerprint density at radius 1 is 1.05 bits per heavy atom. The van der Waals surface area contributed by atoms with Gasteiger partial charge in [-0.05, 0) is 61.9 Å². The van der Waals surface area contributed by atoms with Crippen LogP contribution in [0.5, 0.6) is 0 Å². The summed E-state index contributed by atoms with van der Waals surface area (Å²) < 4.78 is 0. The van der Waals surface area contributed by atoms with E-state index in [2.05, 4.69) is 51.3 Å². The molecule has 0 saturated heterocycles. The summed E-state index contributed by atoms with van der Waals surface area (Å²) in [5.74, 6) is 0. The van der Waals surface area contributed by atoms with Gasteiger partial charge in [-0.15, -0.1) is 22.7 Å². The standard InChI is InChI=1S/C18H25NS2/c1-18(2,3)16-10-9-14(21-16)17(19-4)15-11-12-7-5-6-8-13(12)20-15/h9-11,17,19H,5-8H2,1-4H3. The Morgan fingerprint density at radius 3 is 2.43 bits per heavy atom. The minimum Gasteiger partial charge on any atom is -0.308 e. The number of hydrogen-bond donors (Lipinski definition) is 1. The Morgan fingerprint density at radius 2 is 1.81 bits per heavy atom. The van der Waals surface area contributed by atoms with Gasteiger partial charge < -0.3 is 5.32 Å². The summed E-state index contributed by atoms with van der Waals surface area (Å²) >= 11 is 3.98. The Balaban J connectivity index is 1.91. The third-order valence-electron chi connectivity index (χ3n) is 4.24. The molecule has 0 aliphatic heterocycles. The first-order valence-corrected chi connectivity index (χ1v) is 9.51. The molecule has 0 bridgehead atoms. The largest absolute Gasteiger partial charge is 0.308 e. The average molecular weight is 320 g/mol. The van der Waals surface area contributed by atoms with Crippen molar-refractivity contribution in [1.29, 1.82) is 0 Å². The third-order valence-corrected chi connectivity index (χ3v) is 7.12. The normalized spacial score (nSPS) is 16.8. The van der Waals surface area contributed by atoms with Crippen LogP contribution in [0.2, 0.25) is 0 Å². The van der Waals surface area contributed by atoms with Crippen LogP contribution < -0.4 is 5.32 Å². The zero-order chi connectivity index (χ0) is 15.0. The van der Waals surface area contributed by atoms with Crippen LogP contribution in [0, 0.1) is 0 Å². The lowest BCUT2D eigenvalue weighted by Crippen LogP contribution is -2.15. The van der Waals surface area contributed by atoms with Gasteiger partial charge in [-0.25, -0.2) is 0 Å². The van der Waals surface area contributed by atoms with E-state index in [1.54, 1.807) is 10.4 Å². The zero-order valence-electron chi connectivity index (χ0n) is 13.5. The Bertz CT molecular complexity index is 592. The molecule has 0 spiro atoms. The average Bonchev–Trinajstić information content (AvgIpc) is 3.05. The van der Waals surface area contributed by atoms with Gasteiger partial charge in [-0.2, -0.15) is 0 Å². The van der Waals surface area contributed by atoms with Gasteiger partial charge in [0.05, 0.1) is 6.04 Å². The lowest BCUT2D eigenvalue weighted by atomic mass is 9.95. The number of aryl methyl sites for hydroxylation is 2. The molecule has 0 amide bonds. The Hall–Kier alpha value is -0.640. The third kappa shape index (κ3) is 3.10. The minimum absolute atomic E-state index is 0.246. The molecule has 1 N–H and O–H groups in total. The van der Waals surface area contributed by atoms with E-state index >= 15 is 0 Å². The van der Waals surface area contributed by atoms with Crippen LogP contribution in [0.1, 0.15) is 64.7 Å². The molecule has 3 rings (SSSR count). The first-order valence-electron chi connectivity index (χ1n) is 7.88. The lowest BCUT2D eigenvalue weighted by molar-refractivity contribution is 0.604. The van der Waals surface area contributed by atoms with E-state index in [0.717, 1.165) is 0 Å². The molecule has 3 heteroatoms. The molecule has 114 valence electrons. The van der Waals surface area contributed by atoms with E-state index in [0.29, 0.717) is 6.04 Å². The van der Waals surface area contributed by atoms with Crippen molar-refractivity contribution in [1.82, 2.24) is 5.32 Å². The second kappa shape index (κ2) is 5.86. The summed E-state index contributed by atoms with van der Waals surface area (Å²) in [5.41, 5.74) is 1.85. The van der Waals surface area contributed by atoms with Gasteiger partial charge in [-0.1, -0.05) is 20.8 Å². The molecule has 0 saturated carbocycles. The van der Waals surface area contributed by atoms with Crippen LogP contribution in [0.4, 0.5) is 0 Å². The molecular formula is C18H25NS2. The molecular weight excluding hydrogens is 294 g/mol. The molecule has 1 nitrogen and oxygen atoms in total. The van der Waals surface area contributed by atoms with Crippen molar-refractivity contribution in [3.05, 3.63) is 43.3 Å². The molecule has 1 aliphatic rings. The number of thiophene rings is 2. The maximum atomic E-state index is 3.53. The summed E-state index contributed by atoms with van der Waals surface area (Å²) in [6.07, 6.45) is 5.29. The molecule has 0 radical (unpaired) electrons. The molecule has 1 unspecified atom stereocenters. The summed E-state index contributed by atoms with van der Waals surface area (Å²) in [4.78, 5) is 6.04. The molecule has 0 aromatic carbocycles. The lowest BCUT2D eigenvalue weighted by Gasteiger charge is -2.16. The quantitative estimate of drug-likeness (QED) is 0.810. The minimum atomic E-state index is 0.246. The highest BCUT2D eigenvalue weighted by Gasteiger charge is 2.23. The highest BCUT2D eigenvalue weighted by Crippen LogP contribution is 2.39. The van der Waals surface area contributed by atoms with Gasteiger partial charge in [0.2, 0.25) is 0 Å². The molecule has 2 aromatic rings. The summed E-state index contributed by atoms with van der Waals surface area (Å²) in [6.45, 7) is 6.88. The monoisotopic (exact) mass is 319 g/mol. The fraction of sp³-hybridized carbons (Fsp3) is 0.556. The van der Waals surface area contributed by atoms with Crippen LogP contribution in [0.25, 0.3) is 0 Å². The number of hydrogen-bond acceptors (Lipinski definition) is 3. The fourth-order valence-corrected chi connectivity index (χ4v) is 5.65. The SMILES string of the molecule is CNC(c1ccc(C(C)(C)C)s1)c1cc2c(s1)CCCC2. The Labute approximate surface area is 136 Å². The molecule has 2 aromatic heterocycles. The number of nitrogens with one attached hydrogen (secondary N) is 1. The summed E-state index contributed by atoms with van der Waals surface area (Å²) in [5, 5.41) is 3.53. The van der Waals surface area contributed by atoms with Gasteiger partial charge in [0.1, 0.15) is 0 Å². The van der Waals surface area contributed by atoms with Gasteiger partial charge in [0, 0.05) is 19.5 Å². The van der Waals surface area contributed by atoms with Crippen molar-refractivity contribution in [2.75, 3.05) is 7.05 Å². The highest BCUT2D eigenvalue weighted by molar-refractivity contribution is 7.13. The van der Waals surface area contributed by atoms with Crippen molar-refractivity contribution in [2.24, 2.45) is 0 Å². The van der Waals surface area contributed by atoms with Crippen LogP contribution >= 0.6 is 22.7 Å². The van der Waals surface area contributed by atoms with Crippen LogP contribution in [0.3, 0.4) is 0 Å². The predicted molar refractivity (Wildman–Crippen MR) is 94.9 cm³/mol. The molecule has 1 atom stereocenters. The van der Waals surface area contributed by atoms with Crippen molar-refractivity contribution in [3.8, 4) is 0 Å². The predicted octanol–water partition coefficient (Wildman–Crippen LogP) is 5.29. The van der Waals surface area contributed by atoms with Crippen LogP contribution in [0.15, 0.2) is 18.2 Å². The topological polar surface area (TPSA) is 12.0 Å². The fourth-order valence-electron chi connectivity index (χ4n) is 2.99.